The van der Waals surface area contributed by atoms with E-state index in [-0.39, 0.29) is 17.0 Å². The molecule has 0 saturated carbocycles. The van der Waals surface area contributed by atoms with Crippen LogP contribution in [0.4, 0.5) is 0 Å². The Morgan fingerprint density at radius 2 is 2.36 bits per heavy atom. The molecular weight excluding hydrogens is 319 g/mol. The number of β-lactam (4-membered cyclic amide) rings is 1. The van der Waals surface area contributed by atoms with Crippen molar-refractivity contribution < 1.29 is 14.7 Å². The van der Waals surface area contributed by atoms with E-state index in [1.165, 1.54) is 16.7 Å². The number of rotatable bonds is 1. The molecule has 2 aliphatic rings. The normalized spacial score (nSPS) is 31.3. The summed E-state index contributed by atoms with van der Waals surface area (Å²) in [4.78, 5) is 23.5. The van der Waals surface area contributed by atoms with Crippen molar-refractivity contribution in [1.82, 2.24) is 4.90 Å². The van der Waals surface area contributed by atoms with Gasteiger partial charge in [-0.05, 0) is 22.6 Å². The molecule has 0 aliphatic carbocycles. The first-order valence-corrected chi connectivity index (χ1v) is 5.99. The number of aliphatic carboxylic acids is 1. The number of nitrogens with zero attached hydrogens (tertiary/aromatic N) is 1. The molecular formula is C7H7IN2O3S. The van der Waals surface area contributed by atoms with Crippen molar-refractivity contribution in [3.63, 3.8) is 0 Å². The fourth-order valence-corrected chi connectivity index (χ4v) is 3.64. The lowest BCUT2D eigenvalue weighted by atomic mass is 10.1. The van der Waals surface area contributed by atoms with Crippen molar-refractivity contribution in [2.45, 2.75) is 11.4 Å². The van der Waals surface area contributed by atoms with Crippen LogP contribution in [-0.2, 0) is 9.59 Å². The minimum absolute atomic E-state index is 0.0982. The Balaban J connectivity index is 2.37. The van der Waals surface area contributed by atoms with Crippen molar-refractivity contribution in [2.75, 3.05) is 5.75 Å². The molecule has 2 rings (SSSR count). The molecule has 5 nitrogen and oxygen atoms in total. The third-order valence-corrected chi connectivity index (χ3v) is 4.88. The van der Waals surface area contributed by atoms with Crippen molar-refractivity contribution >= 4 is 46.2 Å². The van der Waals surface area contributed by atoms with E-state index in [1.54, 1.807) is 0 Å². The molecule has 0 radical (unpaired) electrons. The van der Waals surface area contributed by atoms with Crippen LogP contribution in [0, 0.1) is 0 Å². The van der Waals surface area contributed by atoms with Crippen LogP contribution in [0.15, 0.2) is 9.28 Å². The third kappa shape index (κ3) is 1.26. The Morgan fingerprint density at radius 1 is 1.71 bits per heavy atom. The van der Waals surface area contributed by atoms with Crippen molar-refractivity contribution in [3.05, 3.63) is 9.28 Å². The molecule has 3 N–H and O–H groups in total. The monoisotopic (exact) mass is 326 g/mol. The maximum absolute atomic E-state index is 11.3. The highest BCUT2D eigenvalue weighted by Crippen LogP contribution is 2.41. The Kier molecular flexibility index (Phi) is 2.48. The summed E-state index contributed by atoms with van der Waals surface area (Å²) in [6, 6.07) is -0.543. The highest BCUT2D eigenvalue weighted by atomic mass is 127. The lowest BCUT2D eigenvalue weighted by Crippen LogP contribution is -2.68. The van der Waals surface area contributed by atoms with Gasteiger partial charge in [0.2, 0.25) is 5.91 Å². The summed E-state index contributed by atoms with van der Waals surface area (Å²) < 4.78 is 0.691. The molecule has 0 bridgehead atoms. The quantitative estimate of drug-likeness (QED) is 0.522. The van der Waals surface area contributed by atoms with E-state index in [0.717, 1.165) is 0 Å². The average Bonchev–Trinajstić information content (AvgIpc) is 2.15. The van der Waals surface area contributed by atoms with Gasteiger partial charge < -0.3 is 10.8 Å². The third-order valence-electron chi connectivity index (χ3n) is 2.17. The molecule has 2 aliphatic heterocycles. The van der Waals surface area contributed by atoms with Crippen LogP contribution in [0.25, 0.3) is 0 Å². The van der Waals surface area contributed by atoms with E-state index in [2.05, 4.69) is 0 Å². The van der Waals surface area contributed by atoms with Gasteiger partial charge in [-0.15, -0.1) is 11.8 Å². The summed E-state index contributed by atoms with van der Waals surface area (Å²) >= 11 is 3.46. The van der Waals surface area contributed by atoms with Gasteiger partial charge in [-0.25, -0.2) is 4.79 Å². The molecule has 2 atom stereocenters. The minimum Gasteiger partial charge on any atom is -0.477 e. The number of carboxylic acid groups (broad SMARTS) is 1. The van der Waals surface area contributed by atoms with E-state index in [4.69, 9.17) is 10.8 Å². The van der Waals surface area contributed by atoms with Crippen LogP contribution < -0.4 is 5.73 Å². The standard InChI is InChI=1S/C7H7IN2O3S/c8-2-1-14-6-3(9)5(11)10(6)4(2)7(12)13/h3,6H,1,9H2,(H,12,13)/t3?,6-/m1/s1. The molecule has 2 heterocycles. The molecule has 1 saturated heterocycles. The van der Waals surface area contributed by atoms with E-state index in [9.17, 15) is 9.59 Å². The SMILES string of the molecule is NC1C(=O)N2C(C(=O)O)=C(I)CS[C@H]12. The molecule has 1 fully saturated rings. The number of amides is 1. The largest absolute Gasteiger partial charge is 0.477 e. The summed E-state index contributed by atoms with van der Waals surface area (Å²) in [5, 5.41) is 8.74. The molecule has 14 heavy (non-hydrogen) atoms. The zero-order valence-corrected chi connectivity index (χ0v) is 9.91. The van der Waals surface area contributed by atoms with Crippen LogP contribution in [0.5, 0.6) is 0 Å². The first-order chi connectivity index (χ1) is 6.54. The van der Waals surface area contributed by atoms with E-state index in [1.807, 2.05) is 22.6 Å². The summed E-state index contributed by atoms with van der Waals surface area (Å²) in [6.45, 7) is 0. The molecule has 76 valence electrons. The predicted molar refractivity (Wildman–Crippen MR) is 59.7 cm³/mol. The minimum atomic E-state index is -1.06. The second-order valence-electron chi connectivity index (χ2n) is 2.99. The predicted octanol–water partition coefficient (Wildman–Crippen LogP) is -0.0400. The first kappa shape index (κ1) is 10.2. The number of hydrogen-bond acceptors (Lipinski definition) is 4. The summed E-state index contributed by atoms with van der Waals surface area (Å²) in [7, 11) is 0. The number of fused-ring (bicyclic) bond motifs is 1. The van der Waals surface area contributed by atoms with Gasteiger partial charge in [-0.3, -0.25) is 9.69 Å². The summed E-state index contributed by atoms with van der Waals surface area (Å²) in [5.41, 5.74) is 5.65. The van der Waals surface area contributed by atoms with Crippen LogP contribution in [0.1, 0.15) is 0 Å². The first-order valence-electron chi connectivity index (χ1n) is 3.86. The fourth-order valence-electron chi connectivity index (χ4n) is 1.48. The van der Waals surface area contributed by atoms with Gasteiger partial charge in [0.25, 0.3) is 0 Å². The van der Waals surface area contributed by atoms with E-state index >= 15 is 0 Å². The van der Waals surface area contributed by atoms with Crippen molar-refractivity contribution in [2.24, 2.45) is 5.73 Å². The zero-order chi connectivity index (χ0) is 10.5. The highest BCUT2D eigenvalue weighted by Gasteiger charge is 2.51. The lowest BCUT2D eigenvalue weighted by molar-refractivity contribution is -0.147. The number of thioether (sulfide) groups is 1. The number of halogens is 1. The average molecular weight is 326 g/mol. The lowest BCUT2D eigenvalue weighted by Gasteiger charge is -2.47. The van der Waals surface area contributed by atoms with Crippen LogP contribution in [0.3, 0.4) is 0 Å². The zero-order valence-electron chi connectivity index (χ0n) is 6.94. The van der Waals surface area contributed by atoms with Gasteiger partial charge >= 0.3 is 5.97 Å². The number of hydrogen-bond donors (Lipinski definition) is 2. The maximum atomic E-state index is 11.3. The summed E-state index contributed by atoms with van der Waals surface area (Å²) in [6.07, 6.45) is 0. The number of nitrogens with two attached hydrogens (primary N) is 1. The maximum Gasteiger partial charge on any atom is 0.353 e. The van der Waals surface area contributed by atoms with Crippen LogP contribution in [-0.4, -0.2) is 39.1 Å². The van der Waals surface area contributed by atoms with Gasteiger partial charge in [-0.2, -0.15) is 0 Å². The van der Waals surface area contributed by atoms with Crippen LogP contribution in [0.2, 0.25) is 0 Å². The highest BCUT2D eigenvalue weighted by molar-refractivity contribution is 14.1. The topological polar surface area (TPSA) is 83.6 Å². The Labute approximate surface area is 97.8 Å². The Morgan fingerprint density at radius 3 is 2.93 bits per heavy atom. The molecule has 0 aromatic carbocycles. The molecule has 0 aromatic heterocycles. The summed E-state index contributed by atoms with van der Waals surface area (Å²) in [5.74, 6) is -0.738. The molecule has 1 amide bonds. The Bertz CT molecular complexity index is 357. The van der Waals surface area contributed by atoms with Gasteiger partial charge in [-0.1, -0.05) is 0 Å². The van der Waals surface area contributed by atoms with E-state index < -0.39 is 12.0 Å². The molecule has 7 heteroatoms. The van der Waals surface area contributed by atoms with E-state index in [0.29, 0.717) is 9.33 Å². The smallest absolute Gasteiger partial charge is 0.353 e. The van der Waals surface area contributed by atoms with Crippen molar-refractivity contribution in [1.29, 1.82) is 0 Å². The van der Waals surface area contributed by atoms with Crippen LogP contribution >= 0.6 is 34.4 Å². The Hall–Kier alpha value is -0.280. The molecule has 0 aromatic rings. The van der Waals surface area contributed by atoms with Crippen molar-refractivity contribution in [3.8, 4) is 0 Å². The van der Waals surface area contributed by atoms with Gasteiger partial charge in [0.15, 0.2) is 0 Å². The van der Waals surface area contributed by atoms with Gasteiger partial charge in [0.05, 0.1) is 0 Å². The second-order valence-corrected chi connectivity index (χ2v) is 5.40. The number of carboxylic acids is 1. The molecule has 0 spiro atoms. The van der Waals surface area contributed by atoms with Gasteiger partial charge in [0, 0.05) is 9.33 Å². The number of carbonyl (C=O) groups is 2. The second kappa shape index (κ2) is 3.38. The molecule has 1 unspecified atom stereocenters. The van der Waals surface area contributed by atoms with Gasteiger partial charge in [0.1, 0.15) is 17.1 Å². The fraction of sp³-hybridized carbons (Fsp3) is 0.429. The number of carbonyl (C=O) groups excluding carboxylic acids is 1.